The van der Waals surface area contributed by atoms with Gasteiger partial charge in [0.2, 0.25) is 0 Å². The van der Waals surface area contributed by atoms with Crippen molar-refractivity contribution in [1.82, 2.24) is 15.1 Å². The first-order valence-corrected chi connectivity index (χ1v) is 8.67. The lowest BCUT2D eigenvalue weighted by Gasteiger charge is -2.41. The van der Waals surface area contributed by atoms with Crippen LogP contribution in [0.2, 0.25) is 0 Å². The predicted molar refractivity (Wildman–Crippen MR) is 88.7 cm³/mol. The Bertz CT molecular complexity index is 302. The monoisotopic (exact) mass is 297 g/mol. The number of likely N-dealkylation sites (tertiary alicyclic amines) is 1. The Balaban J connectivity index is 1.84. The third kappa shape index (κ3) is 5.51. The molecule has 2 aliphatic rings. The zero-order chi connectivity index (χ0) is 15.3. The van der Waals surface area contributed by atoms with Crippen molar-refractivity contribution in [1.29, 1.82) is 0 Å². The normalized spacial score (nSPS) is 31.4. The SMILES string of the molecule is CC(C)NCC1(CN(C)CC2CCN(C)C2)CCCOC1. The number of nitrogens with zero attached hydrogens (tertiary/aromatic N) is 2. The Morgan fingerprint density at radius 1 is 1.43 bits per heavy atom. The van der Waals surface area contributed by atoms with Gasteiger partial charge in [-0.1, -0.05) is 13.8 Å². The number of hydrogen-bond donors (Lipinski definition) is 1. The van der Waals surface area contributed by atoms with Gasteiger partial charge in [-0.2, -0.15) is 0 Å². The van der Waals surface area contributed by atoms with Gasteiger partial charge < -0.3 is 19.9 Å². The fraction of sp³-hybridized carbons (Fsp3) is 1.00. The Kier molecular flexibility index (Phi) is 6.48. The van der Waals surface area contributed by atoms with Crippen molar-refractivity contribution in [2.24, 2.45) is 11.3 Å². The molecule has 1 N–H and O–H groups in total. The molecule has 0 aromatic rings. The second kappa shape index (κ2) is 7.91. The highest BCUT2D eigenvalue weighted by Gasteiger charge is 2.34. The zero-order valence-electron chi connectivity index (χ0n) is 14.5. The number of ether oxygens (including phenoxy) is 1. The Hall–Kier alpha value is -0.160. The molecule has 0 spiro atoms. The van der Waals surface area contributed by atoms with Crippen LogP contribution in [0.25, 0.3) is 0 Å². The van der Waals surface area contributed by atoms with Gasteiger partial charge in [0.15, 0.2) is 0 Å². The van der Waals surface area contributed by atoms with Crippen molar-refractivity contribution < 1.29 is 4.74 Å². The fourth-order valence-electron chi connectivity index (χ4n) is 3.90. The Morgan fingerprint density at radius 2 is 2.24 bits per heavy atom. The molecule has 4 heteroatoms. The first-order chi connectivity index (χ1) is 9.99. The van der Waals surface area contributed by atoms with E-state index in [4.69, 9.17) is 4.74 Å². The minimum absolute atomic E-state index is 0.307. The van der Waals surface area contributed by atoms with E-state index in [0.29, 0.717) is 11.5 Å². The summed E-state index contributed by atoms with van der Waals surface area (Å²) < 4.78 is 5.83. The van der Waals surface area contributed by atoms with Crippen LogP contribution in [0, 0.1) is 11.3 Å². The molecule has 2 saturated heterocycles. The van der Waals surface area contributed by atoms with E-state index < -0.39 is 0 Å². The maximum Gasteiger partial charge on any atom is 0.0546 e. The third-order valence-electron chi connectivity index (χ3n) is 4.95. The molecular formula is C17H35N3O. The fourth-order valence-corrected chi connectivity index (χ4v) is 3.90. The van der Waals surface area contributed by atoms with Crippen LogP contribution in [0.15, 0.2) is 0 Å². The molecule has 2 fully saturated rings. The minimum Gasteiger partial charge on any atom is -0.381 e. The van der Waals surface area contributed by atoms with E-state index in [2.05, 4.69) is 43.1 Å². The van der Waals surface area contributed by atoms with Crippen molar-refractivity contribution in [3.63, 3.8) is 0 Å². The van der Waals surface area contributed by atoms with Crippen molar-refractivity contribution in [2.45, 2.75) is 39.2 Å². The molecule has 0 bridgehead atoms. The molecule has 2 unspecified atom stereocenters. The van der Waals surface area contributed by atoms with E-state index in [1.54, 1.807) is 0 Å². The van der Waals surface area contributed by atoms with Gasteiger partial charge in [-0.3, -0.25) is 0 Å². The summed E-state index contributed by atoms with van der Waals surface area (Å²) in [6.45, 7) is 12.3. The smallest absolute Gasteiger partial charge is 0.0546 e. The van der Waals surface area contributed by atoms with E-state index >= 15 is 0 Å². The molecule has 0 aromatic carbocycles. The molecule has 0 radical (unpaired) electrons. The van der Waals surface area contributed by atoms with Crippen LogP contribution < -0.4 is 5.32 Å². The average Bonchev–Trinajstić information content (AvgIpc) is 2.83. The molecule has 2 atom stereocenters. The van der Waals surface area contributed by atoms with Gasteiger partial charge in [0.05, 0.1) is 6.61 Å². The molecule has 4 nitrogen and oxygen atoms in total. The lowest BCUT2D eigenvalue weighted by molar-refractivity contribution is -0.0249. The molecule has 0 saturated carbocycles. The van der Waals surface area contributed by atoms with Crippen LogP contribution in [0.3, 0.4) is 0 Å². The molecule has 2 rings (SSSR count). The molecule has 0 aliphatic carbocycles. The quantitative estimate of drug-likeness (QED) is 0.773. The highest BCUT2D eigenvalue weighted by Crippen LogP contribution is 2.29. The summed E-state index contributed by atoms with van der Waals surface area (Å²) in [5.41, 5.74) is 0.307. The van der Waals surface area contributed by atoms with Crippen molar-refractivity contribution in [2.75, 3.05) is 60.0 Å². The zero-order valence-corrected chi connectivity index (χ0v) is 14.5. The summed E-state index contributed by atoms with van der Waals surface area (Å²) in [5.74, 6) is 0.847. The van der Waals surface area contributed by atoms with E-state index in [9.17, 15) is 0 Å². The largest absolute Gasteiger partial charge is 0.381 e. The van der Waals surface area contributed by atoms with E-state index in [-0.39, 0.29) is 0 Å². The Labute approximate surface area is 131 Å². The van der Waals surface area contributed by atoms with Crippen LogP contribution in [0.1, 0.15) is 33.1 Å². The van der Waals surface area contributed by atoms with Gasteiger partial charge in [-0.25, -0.2) is 0 Å². The lowest BCUT2D eigenvalue weighted by Crippen LogP contribution is -2.50. The van der Waals surface area contributed by atoms with Gasteiger partial charge in [-0.05, 0) is 45.8 Å². The van der Waals surface area contributed by atoms with Gasteiger partial charge in [0.1, 0.15) is 0 Å². The van der Waals surface area contributed by atoms with Gasteiger partial charge >= 0.3 is 0 Å². The van der Waals surface area contributed by atoms with Crippen molar-refractivity contribution in [3.8, 4) is 0 Å². The van der Waals surface area contributed by atoms with Crippen molar-refractivity contribution in [3.05, 3.63) is 0 Å². The topological polar surface area (TPSA) is 27.7 Å². The predicted octanol–water partition coefficient (Wildman–Crippen LogP) is 1.66. The summed E-state index contributed by atoms with van der Waals surface area (Å²) in [6, 6.07) is 0.553. The second-order valence-electron chi connectivity index (χ2n) is 7.81. The molecule has 2 heterocycles. The van der Waals surface area contributed by atoms with E-state index in [0.717, 1.165) is 32.2 Å². The average molecular weight is 297 g/mol. The van der Waals surface area contributed by atoms with Crippen LogP contribution >= 0.6 is 0 Å². The number of rotatable bonds is 7. The molecule has 0 aromatic heterocycles. The van der Waals surface area contributed by atoms with Crippen LogP contribution in [0.5, 0.6) is 0 Å². The third-order valence-corrected chi connectivity index (χ3v) is 4.95. The maximum atomic E-state index is 5.83. The maximum absolute atomic E-state index is 5.83. The van der Waals surface area contributed by atoms with Gasteiger partial charge in [0.25, 0.3) is 0 Å². The standard InChI is InChI=1S/C17H35N3O/c1-15(2)18-12-17(7-5-9-21-14-17)13-20(4)11-16-6-8-19(3)10-16/h15-16,18H,5-14H2,1-4H3. The summed E-state index contributed by atoms with van der Waals surface area (Å²) in [7, 11) is 4.53. The summed E-state index contributed by atoms with van der Waals surface area (Å²) in [6.07, 6.45) is 3.86. The minimum atomic E-state index is 0.307. The molecule has 124 valence electrons. The summed E-state index contributed by atoms with van der Waals surface area (Å²) in [4.78, 5) is 5.01. The van der Waals surface area contributed by atoms with E-state index in [1.165, 1.54) is 38.9 Å². The van der Waals surface area contributed by atoms with Crippen molar-refractivity contribution >= 4 is 0 Å². The number of nitrogens with one attached hydrogen (secondary N) is 1. The first kappa shape index (κ1) is 17.2. The molecule has 0 amide bonds. The Morgan fingerprint density at radius 3 is 2.81 bits per heavy atom. The molecule has 21 heavy (non-hydrogen) atoms. The first-order valence-electron chi connectivity index (χ1n) is 8.67. The lowest BCUT2D eigenvalue weighted by atomic mass is 9.81. The summed E-state index contributed by atoms with van der Waals surface area (Å²) >= 11 is 0. The molecular weight excluding hydrogens is 262 g/mol. The van der Waals surface area contributed by atoms with Gasteiger partial charge in [0, 0.05) is 44.2 Å². The van der Waals surface area contributed by atoms with Gasteiger partial charge in [-0.15, -0.1) is 0 Å². The van der Waals surface area contributed by atoms with E-state index in [1.807, 2.05) is 0 Å². The highest BCUT2D eigenvalue weighted by molar-refractivity contribution is 4.88. The number of hydrogen-bond acceptors (Lipinski definition) is 4. The highest BCUT2D eigenvalue weighted by atomic mass is 16.5. The van der Waals surface area contributed by atoms with Crippen LogP contribution in [-0.4, -0.2) is 75.9 Å². The van der Waals surface area contributed by atoms with Crippen LogP contribution in [0.4, 0.5) is 0 Å². The van der Waals surface area contributed by atoms with Crippen LogP contribution in [-0.2, 0) is 4.74 Å². The summed E-state index contributed by atoms with van der Waals surface area (Å²) in [5, 5.41) is 3.65. The molecule has 2 aliphatic heterocycles. The second-order valence-corrected chi connectivity index (χ2v) is 7.81.